The van der Waals surface area contributed by atoms with Crippen LogP contribution in [0.4, 0.5) is 18.9 Å². The lowest BCUT2D eigenvalue weighted by atomic mass is 9.88. The van der Waals surface area contributed by atoms with Crippen LogP contribution in [0.25, 0.3) is 0 Å². The number of hydrogen-bond donors (Lipinski definition) is 2. The minimum absolute atomic E-state index is 0.0292. The molecule has 9 heteroatoms. The van der Waals surface area contributed by atoms with E-state index in [0.717, 1.165) is 6.07 Å². The Kier molecular flexibility index (Phi) is 6.36. The molecule has 30 heavy (non-hydrogen) atoms. The molecular weight excluding hydrogens is 417 g/mol. The molecule has 1 fully saturated rings. The highest BCUT2D eigenvalue weighted by atomic mass is 35.5. The molecule has 0 aromatic heterocycles. The molecule has 0 amide bonds. The summed E-state index contributed by atoms with van der Waals surface area (Å²) >= 11 is 6.19. The maximum atomic E-state index is 13.6. The van der Waals surface area contributed by atoms with Gasteiger partial charge in [0, 0.05) is 18.8 Å². The van der Waals surface area contributed by atoms with Crippen molar-refractivity contribution in [1.82, 2.24) is 5.32 Å². The van der Waals surface area contributed by atoms with Gasteiger partial charge in [-0.05, 0) is 42.8 Å². The second-order valence-electron chi connectivity index (χ2n) is 7.10. The second kappa shape index (κ2) is 8.64. The molecular formula is C21H20ClF3N4O. The first-order valence-electron chi connectivity index (χ1n) is 9.29. The number of ketones is 1. The van der Waals surface area contributed by atoms with E-state index in [9.17, 15) is 18.0 Å². The van der Waals surface area contributed by atoms with E-state index in [0.29, 0.717) is 18.7 Å². The molecule has 1 aliphatic rings. The van der Waals surface area contributed by atoms with E-state index < -0.39 is 17.3 Å². The van der Waals surface area contributed by atoms with E-state index in [1.54, 1.807) is 11.0 Å². The number of Topliss-reactive ketones (excluding diaryl/α,β-unsaturated/α-hetero) is 1. The molecule has 0 bridgehead atoms. The Morgan fingerprint density at radius 3 is 2.60 bits per heavy atom. The Balaban J connectivity index is 2.16. The first-order valence-corrected chi connectivity index (χ1v) is 9.67. The van der Waals surface area contributed by atoms with Crippen molar-refractivity contribution in [2.75, 3.05) is 24.5 Å². The summed E-state index contributed by atoms with van der Waals surface area (Å²) in [6, 6.07) is 11.8. The normalized spacial score (nSPS) is 18.8. The van der Waals surface area contributed by atoms with Crippen molar-refractivity contribution in [3.63, 3.8) is 0 Å². The molecule has 158 valence electrons. The lowest BCUT2D eigenvalue weighted by molar-refractivity contribution is -0.138. The number of nitriles is 1. The quantitative estimate of drug-likeness (QED) is 0.724. The fourth-order valence-corrected chi connectivity index (χ4v) is 4.06. The maximum Gasteiger partial charge on any atom is 0.416 e. The van der Waals surface area contributed by atoms with Crippen LogP contribution in [0, 0.1) is 11.3 Å². The summed E-state index contributed by atoms with van der Waals surface area (Å²) < 4.78 is 40.8. The monoisotopic (exact) mass is 436 g/mol. The van der Waals surface area contributed by atoms with Gasteiger partial charge in [-0.2, -0.15) is 18.4 Å². The first kappa shape index (κ1) is 22.1. The molecule has 5 nitrogen and oxygen atoms in total. The van der Waals surface area contributed by atoms with Crippen LogP contribution in [-0.2, 0) is 17.5 Å². The molecule has 1 aliphatic heterocycles. The van der Waals surface area contributed by atoms with Gasteiger partial charge in [0.15, 0.2) is 5.78 Å². The number of rotatable bonds is 6. The van der Waals surface area contributed by atoms with Crippen molar-refractivity contribution in [3.05, 3.63) is 64.2 Å². The zero-order chi connectivity index (χ0) is 21.9. The van der Waals surface area contributed by atoms with E-state index in [-0.39, 0.29) is 41.6 Å². The van der Waals surface area contributed by atoms with E-state index in [1.165, 1.54) is 30.3 Å². The number of carbonyl (C=O) groups excluding carboxylic acids is 1. The third-order valence-corrected chi connectivity index (χ3v) is 5.70. The molecule has 2 aromatic rings. The van der Waals surface area contributed by atoms with Gasteiger partial charge in [0.25, 0.3) is 0 Å². The fraction of sp³-hybridized carbons (Fsp3) is 0.333. The summed E-state index contributed by atoms with van der Waals surface area (Å²) in [6.45, 7) is 0.344. The van der Waals surface area contributed by atoms with Crippen LogP contribution in [0.5, 0.6) is 0 Å². The molecule has 1 heterocycles. The van der Waals surface area contributed by atoms with Crippen LogP contribution < -0.4 is 16.0 Å². The molecule has 0 spiro atoms. The van der Waals surface area contributed by atoms with Crippen LogP contribution in [0.3, 0.4) is 0 Å². The average molecular weight is 437 g/mol. The van der Waals surface area contributed by atoms with Crippen molar-refractivity contribution in [2.45, 2.75) is 24.7 Å². The number of nitrogens with one attached hydrogen (secondary N) is 1. The van der Waals surface area contributed by atoms with Gasteiger partial charge in [-0.3, -0.25) is 4.79 Å². The Morgan fingerprint density at radius 2 is 2.03 bits per heavy atom. The highest BCUT2D eigenvalue weighted by Crippen LogP contribution is 2.37. The standard InChI is InChI=1S/C21H20ClF3N4O/c22-18-9-16(6-5-14(18)10-26)29(20(19(30)11-27)7-8-28-13-20)12-15-3-1-2-4-17(15)21(23,24)25/h1-6,9,28H,7-8,11-13,27H2/t20-/m0/s1. The third kappa shape index (κ3) is 4.15. The molecule has 0 saturated carbocycles. The van der Waals surface area contributed by atoms with E-state index in [2.05, 4.69) is 5.32 Å². The number of halogens is 4. The smallest absolute Gasteiger partial charge is 0.353 e. The van der Waals surface area contributed by atoms with Gasteiger partial charge in [0.2, 0.25) is 0 Å². The summed E-state index contributed by atoms with van der Waals surface area (Å²) in [5.41, 5.74) is 4.49. The average Bonchev–Trinajstić information content (AvgIpc) is 3.21. The number of nitrogens with zero attached hydrogens (tertiary/aromatic N) is 2. The van der Waals surface area contributed by atoms with E-state index >= 15 is 0 Å². The predicted octanol–water partition coefficient (Wildman–Crippen LogP) is 3.50. The molecule has 3 N–H and O–H groups in total. The lowest BCUT2D eigenvalue weighted by Gasteiger charge is -2.42. The molecule has 0 unspecified atom stereocenters. The van der Waals surface area contributed by atoms with Gasteiger partial charge in [0.05, 0.1) is 22.7 Å². The zero-order valence-electron chi connectivity index (χ0n) is 16.0. The highest BCUT2D eigenvalue weighted by Gasteiger charge is 2.46. The van der Waals surface area contributed by atoms with E-state index in [1.807, 2.05) is 6.07 Å². The number of carbonyl (C=O) groups is 1. The summed E-state index contributed by atoms with van der Waals surface area (Å²) in [6.07, 6.45) is -4.15. The van der Waals surface area contributed by atoms with Crippen molar-refractivity contribution < 1.29 is 18.0 Å². The largest absolute Gasteiger partial charge is 0.416 e. The summed E-state index contributed by atoms with van der Waals surface area (Å²) in [4.78, 5) is 14.5. The second-order valence-corrected chi connectivity index (χ2v) is 7.51. The van der Waals surface area contributed by atoms with Crippen LogP contribution in [0.2, 0.25) is 5.02 Å². The lowest BCUT2D eigenvalue weighted by Crippen LogP contribution is -2.58. The van der Waals surface area contributed by atoms with Crippen LogP contribution >= 0.6 is 11.6 Å². The number of benzene rings is 2. The zero-order valence-corrected chi connectivity index (χ0v) is 16.7. The first-order chi connectivity index (χ1) is 14.2. The number of nitrogens with two attached hydrogens (primary N) is 1. The van der Waals surface area contributed by atoms with Gasteiger partial charge in [-0.25, -0.2) is 0 Å². The van der Waals surface area contributed by atoms with Crippen molar-refractivity contribution in [3.8, 4) is 6.07 Å². The van der Waals surface area contributed by atoms with Crippen molar-refractivity contribution >= 4 is 23.1 Å². The maximum absolute atomic E-state index is 13.6. The summed E-state index contributed by atoms with van der Waals surface area (Å²) in [7, 11) is 0. The third-order valence-electron chi connectivity index (χ3n) is 5.39. The van der Waals surface area contributed by atoms with Gasteiger partial charge < -0.3 is 16.0 Å². The minimum Gasteiger partial charge on any atom is -0.353 e. The molecule has 0 aliphatic carbocycles. The van der Waals surface area contributed by atoms with Crippen LogP contribution in [0.1, 0.15) is 23.1 Å². The van der Waals surface area contributed by atoms with Gasteiger partial charge in [-0.15, -0.1) is 0 Å². The molecule has 1 saturated heterocycles. The molecule has 1 atom stereocenters. The SMILES string of the molecule is N#Cc1ccc(N(Cc2ccccc2C(F)(F)F)[C@@]2(C(=O)CN)CCNC2)cc1Cl. The fourth-order valence-electron chi connectivity index (χ4n) is 3.85. The molecule has 3 rings (SSSR count). The summed E-state index contributed by atoms with van der Waals surface area (Å²) in [5, 5.41) is 12.4. The van der Waals surface area contributed by atoms with Crippen molar-refractivity contribution in [1.29, 1.82) is 5.26 Å². The topological polar surface area (TPSA) is 82.2 Å². The summed E-state index contributed by atoms with van der Waals surface area (Å²) in [5.74, 6) is -0.280. The minimum atomic E-state index is -4.54. The van der Waals surface area contributed by atoms with Gasteiger partial charge in [0.1, 0.15) is 11.6 Å². The molecule has 0 radical (unpaired) electrons. The van der Waals surface area contributed by atoms with Crippen LogP contribution in [-0.4, -0.2) is 31.0 Å². The Labute approximate surface area is 177 Å². The number of anilines is 1. The van der Waals surface area contributed by atoms with Crippen LogP contribution in [0.15, 0.2) is 42.5 Å². The van der Waals surface area contributed by atoms with Crippen molar-refractivity contribution in [2.24, 2.45) is 5.73 Å². The number of alkyl halides is 3. The molecule has 2 aromatic carbocycles. The van der Waals surface area contributed by atoms with Gasteiger partial charge >= 0.3 is 6.18 Å². The predicted molar refractivity (Wildman–Crippen MR) is 108 cm³/mol. The Hall–Kier alpha value is -2.60. The Bertz CT molecular complexity index is 981. The van der Waals surface area contributed by atoms with Gasteiger partial charge in [-0.1, -0.05) is 29.8 Å². The Morgan fingerprint density at radius 1 is 1.30 bits per heavy atom. The van der Waals surface area contributed by atoms with E-state index in [4.69, 9.17) is 22.6 Å². The highest BCUT2D eigenvalue weighted by molar-refractivity contribution is 6.32. The number of hydrogen-bond acceptors (Lipinski definition) is 5.